The molecule has 0 saturated carbocycles. The highest BCUT2D eigenvalue weighted by Crippen LogP contribution is 1.86. The highest BCUT2D eigenvalue weighted by atomic mass is 35.5. The fraction of sp³-hybridized carbons (Fsp3) is 0.500. The van der Waals surface area contributed by atoms with Gasteiger partial charge in [0.25, 0.3) is 0 Å². The Bertz CT molecular complexity index is 137. The minimum absolute atomic E-state index is 0. The summed E-state index contributed by atoms with van der Waals surface area (Å²) in [6.07, 6.45) is -0.532. The predicted molar refractivity (Wildman–Crippen MR) is 35.1 cm³/mol. The third-order valence-electron chi connectivity index (χ3n) is 0.712. The van der Waals surface area contributed by atoms with Crippen molar-refractivity contribution in [1.82, 2.24) is 0 Å². The van der Waals surface area contributed by atoms with E-state index in [-0.39, 0.29) is 12.4 Å². The second-order valence-electron chi connectivity index (χ2n) is 1.54. The Balaban J connectivity index is 0. The van der Waals surface area contributed by atoms with Gasteiger partial charge >= 0.3 is 11.9 Å². The predicted octanol–water partition coefficient (Wildman–Crippen LogP) is -0.705. The molecular weight excluding hydrogens is 161 g/mol. The van der Waals surface area contributed by atoms with E-state index < -0.39 is 24.4 Å². The van der Waals surface area contributed by atoms with Gasteiger partial charge in [0.2, 0.25) is 0 Å². The van der Waals surface area contributed by atoms with Crippen molar-refractivity contribution in [2.24, 2.45) is 5.73 Å². The van der Waals surface area contributed by atoms with Gasteiger partial charge in [-0.25, -0.2) is 0 Å². The summed E-state index contributed by atoms with van der Waals surface area (Å²) in [6, 6.07) is -1.29. The molecule has 0 fully saturated rings. The molecule has 1 atom stereocenters. The molecule has 5 nitrogen and oxygen atoms in total. The number of carbonyl (C=O) groups is 2. The fourth-order valence-corrected chi connectivity index (χ4v) is 0.275. The molecule has 10 heavy (non-hydrogen) atoms. The lowest BCUT2D eigenvalue weighted by Crippen LogP contribution is -2.32. The number of rotatable bonds is 3. The quantitative estimate of drug-likeness (QED) is 0.519. The molecule has 0 amide bonds. The van der Waals surface area contributed by atoms with Crippen LogP contribution in [0.2, 0.25) is 0 Å². The van der Waals surface area contributed by atoms with Crippen LogP contribution in [0.15, 0.2) is 0 Å². The van der Waals surface area contributed by atoms with Gasteiger partial charge in [-0.1, -0.05) is 0 Å². The third kappa shape index (κ3) is 5.33. The van der Waals surface area contributed by atoms with Crippen LogP contribution in [0.5, 0.6) is 0 Å². The first-order valence-corrected chi connectivity index (χ1v) is 2.24. The van der Waals surface area contributed by atoms with E-state index in [0.29, 0.717) is 0 Å². The zero-order valence-corrected chi connectivity index (χ0v) is 5.80. The van der Waals surface area contributed by atoms with E-state index in [4.69, 9.17) is 15.9 Å². The van der Waals surface area contributed by atoms with Crippen LogP contribution < -0.4 is 5.73 Å². The average molecular weight is 170 g/mol. The molecule has 0 aromatic rings. The lowest BCUT2D eigenvalue weighted by Gasteiger charge is -1.99. The van der Waals surface area contributed by atoms with E-state index >= 15 is 0 Å². The van der Waals surface area contributed by atoms with Crippen molar-refractivity contribution >= 4 is 24.3 Å². The molecule has 0 aliphatic heterocycles. The largest absolute Gasteiger partial charge is 0.481 e. The highest BCUT2D eigenvalue weighted by Gasteiger charge is 2.14. The summed E-state index contributed by atoms with van der Waals surface area (Å²) in [6.45, 7) is 0. The van der Waals surface area contributed by atoms with Crippen molar-refractivity contribution in [2.45, 2.75) is 12.5 Å². The Labute approximate surface area is 63.2 Å². The molecule has 4 N–H and O–H groups in total. The first kappa shape index (κ1) is 11.9. The molecule has 0 radical (unpaired) electrons. The Morgan fingerprint density at radius 1 is 1.40 bits per heavy atom. The average Bonchev–Trinajstić information content (AvgIpc) is 1.63. The molecule has 0 aliphatic rings. The monoisotopic (exact) mass is 169 g/mol. The number of halogens is 1. The first-order chi connectivity index (χ1) is 4.04. The van der Waals surface area contributed by atoms with Crippen LogP contribution >= 0.6 is 12.4 Å². The summed E-state index contributed by atoms with van der Waals surface area (Å²) in [5.74, 6) is -2.50. The topological polar surface area (TPSA) is 101 Å². The van der Waals surface area contributed by atoms with Crippen LogP contribution in [0.3, 0.4) is 0 Å². The summed E-state index contributed by atoms with van der Waals surface area (Å²) in [7, 11) is 0. The molecule has 0 aromatic carbocycles. The van der Waals surface area contributed by atoms with Gasteiger partial charge in [0.05, 0.1) is 6.42 Å². The molecule has 0 aromatic heterocycles. The molecular formula is C4H8ClNO4. The number of hydrogen-bond donors (Lipinski definition) is 3. The van der Waals surface area contributed by atoms with Gasteiger partial charge in [0.1, 0.15) is 6.04 Å². The molecule has 6 heteroatoms. The smallest absolute Gasteiger partial charge is 0.321 e. The zero-order chi connectivity index (χ0) is 7.44. The van der Waals surface area contributed by atoms with Gasteiger partial charge in [-0.2, -0.15) is 0 Å². The van der Waals surface area contributed by atoms with Gasteiger partial charge < -0.3 is 15.9 Å². The lowest BCUT2D eigenvalue weighted by atomic mass is 10.2. The Kier molecular flexibility index (Phi) is 5.98. The molecule has 60 valence electrons. The second-order valence-corrected chi connectivity index (χ2v) is 1.54. The van der Waals surface area contributed by atoms with Crippen molar-refractivity contribution < 1.29 is 19.8 Å². The SMILES string of the molecule is Cl.N[C@H](CC(=O)O)C(=O)O. The Morgan fingerprint density at radius 2 is 1.80 bits per heavy atom. The molecule has 0 aliphatic carbocycles. The minimum Gasteiger partial charge on any atom is -0.481 e. The number of aliphatic carboxylic acids is 2. The normalized spacial score (nSPS) is 11.3. The van der Waals surface area contributed by atoms with Crippen molar-refractivity contribution in [3.05, 3.63) is 0 Å². The van der Waals surface area contributed by atoms with E-state index in [1.807, 2.05) is 0 Å². The maximum Gasteiger partial charge on any atom is 0.321 e. The van der Waals surface area contributed by atoms with Crippen molar-refractivity contribution in [2.75, 3.05) is 0 Å². The van der Waals surface area contributed by atoms with E-state index in [0.717, 1.165) is 0 Å². The van der Waals surface area contributed by atoms with Gasteiger partial charge in [-0.05, 0) is 0 Å². The van der Waals surface area contributed by atoms with Crippen LogP contribution in [0.25, 0.3) is 0 Å². The minimum atomic E-state index is -1.29. The molecule has 0 rings (SSSR count). The summed E-state index contributed by atoms with van der Waals surface area (Å²) in [5.41, 5.74) is 4.84. The van der Waals surface area contributed by atoms with E-state index in [1.54, 1.807) is 0 Å². The number of nitrogens with two attached hydrogens (primary N) is 1. The third-order valence-corrected chi connectivity index (χ3v) is 0.712. The lowest BCUT2D eigenvalue weighted by molar-refractivity contribution is -0.144. The van der Waals surface area contributed by atoms with E-state index in [1.165, 1.54) is 0 Å². The standard InChI is InChI=1S/C4H7NO4.ClH/c5-2(4(8)9)1-3(6)7;/h2H,1,5H2,(H,6,7)(H,8,9);1H/t2-;/m1./s1. The van der Waals surface area contributed by atoms with Gasteiger partial charge in [-0.3, -0.25) is 9.59 Å². The summed E-state index contributed by atoms with van der Waals surface area (Å²) in [4.78, 5) is 19.6. The molecule has 0 spiro atoms. The summed E-state index contributed by atoms with van der Waals surface area (Å²) in [5, 5.41) is 16.0. The maximum atomic E-state index is 9.85. The number of carboxylic acids is 2. The van der Waals surface area contributed by atoms with Gasteiger partial charge in [-0.15, -0.1) is 12.4 Å². The van der Waals surface area contributed by atoms with E-state index in [2.05, 4.69) is 0 Å². The van der Waals surface area contributed by atoms with Gasteiger partial charge in [0, 0.05) is 0 Å². The Morgan fingerprint density at radius 3 is 1.90 bits per heavy atom. The van der Waals surface area contributed by atoms with Crippen LogP contribution in [-0.4, -0.2) is 28.2 Å². The van der Waals surface area contributed by atoms with Crippen molar-refractivity contribution in [3.8, 4) is 0 Å². The molecule has 0 bridgehead atoms. The number of carboxylic acid groups (broad SMARTS) is 2. The number of hydrogen-bond acceptors (Lipinski definition) is 3. The summed E-state index contributed by atoms with van der Waals surface area (Å²) >= 11 is 0. The first-order valence-electron chi connectivity index (χ1n) is 2.24. The van der Waals surface area contributed by atoms with Crippen molar-refractivity contribution in [1.29, 1.82) is 0 Å². The maximum absolute atomic E-state index is 9.85. The molecule has 0 heterocycles. The zero-order valence-electron chi connectivity index (χ0n) is 4.98. The van der Waals surface area contributed by atoms with Crippen LogP contribution in [0, 0.1) is 0 Å². The van der Waals surface area contributed by atoms with Crippen LogP contribution in [-0.2, 0) is 9.59 Å². The molecule has 0 saturated heterocycles. The fourth-order valence-electron chi connectivity index (χ4n) is 0.275. The second kappa shape index (κ2) is 5.01. The summed E-state index contributed by atoms with van der Waals surface area (Å²) < 4.78 is 0. The van der Waals surface area contributed by atoms with E-state index in [9.17, 15) is 9.59 Å². The van der Waals surface area contributed by atoms with Gasteiger partial charge in [0.15, 0.2) is 0 Å². The molecule has 0 unspecified atom stereocenters. The van der Waals surface area contributed by atoms with Crippen molar-refractivity contribution in [3.63, 3.8) is 0 Å². The highest BCUT2D eigenvalue weighted by molar-refractivity contribution is 5.85. The van der Waals surface area contributed by atoms with Crippen LogP contribution in [0.1, 0.15) is 6.42 Å². The Hall–Kier alpha value is -0.810. The van der Waals surface area contributed by atoms with Crippen LogP contribution in [0.4, 0.5) is 0 Å².